The van der Waals surface area contributed by atoms with E-state index >= 15 is 0 Å². The van der Waals surface area contributed by atoms with Crippen LogP contribution in [-0.4, -0.2) is 37.1 Å². The molecule has 100 valence electrons. The largest absolute Gasteiger partial charge is 0.494 e. The predicted octanol–water partition coefficient (Wildman–Crippen LogP) is 1.23. The van der Waals surface area contributed by atoms with Gasteiger partial charge in [0.25, 0.3) is 0 Å². The van der Waals surface area contributed by atoms with E-state index in [1.807, 2.05) is 19.1 Å². The van der Waals surface area contributed by atoms with E-state index in [0.29, 0.717) is 38.5 Å². The summed E-state index contributed by atoms with van der Waals surface area (Å²) >= 11 is 0. The molecule has 4 N–H and O–H groups in total. The summed E-state index contributed by atoms with van der Waals surface area (Å²) in [5.74, 6) is 0.731. The van der Waals surface area contributed by atoms with Crippen LogP contribution in [0.3, 0.4) is 0 Å². The zero-order chi connectivity index (χ0) is 13.0. The quantitative estimate of drug-likeness (QED) is 0.687. The SMILES string of the molecule is CCOc1cc(N)cc(NCC2(O)CCOC2)c1. The predicted molar refractivity (Wildman–Crippen MR) is 70.9 cm³/mol. The molecular formula is C13H20N2O3. The fourth-order valence-electron chi connectivity index (χ4n) is 1.98. The molecule has 1 heterocycles. The van der Waals surface area contributed by atoms with Gasteiger partial charge in [0, 0.05) is 43.1 Å². The number of benzene rings is 1. The standard InChI is InChI=1S/C13H20N2O3/c1-2-18-12-6-10(14)5-11(7-12)15-8-13(16)3-4-17-9-13/h5-7,15-16H,2-4,8-9,14H2,1H3. The van der Waals surface area contributed by atoms with Gasteiger partial charge >= 0.3 is 0 Å². The van der Waals surface area contributed by atoms with Crippen molar-refractivity contribution in [1.82, 2.24) is 0 Å². The molecule has 0 amide bonds. The van der Waals surface area contributed by atoms with Crippen molar-refractivity contribution in [3.8, 4) is 5.75 Å². The van der Waals surface area contributed by atoms with Crippen LogP contribution >= 0.6 is 0 Å². The third-order valence-electron chi connectivity index (χ3n) is 2.94. The van der Waals surface area contributed by atoms with Crippen LogP contribution in [0.25, 0.3) is 0 Å². The molecule has 0 aliphatic carbocycles. The second-order valence-electron chi connectivity index (χ2n) is 4.60. The van der Waals surface area contributed by atoms with E-state index in [1.165, 1.54) is 0 Å². The number of hydrogen-bond donors (Lipinski definition) is 3. The zero-order valence-electron chi connectivity index (χ0n) is 10.6. The van der Waals surface area contributed by atoms with Crippen molar-refractivity contribution in [1.29, 1.82) is 0 Å². The Balaban J connectivity index is 2.00. The Morgan fingerprint density at radius 1 is 1.50 bits per heavy atom. The lowest BCUT2D eigenvalue weighted by Crippen LogP contribution is -2.37. The van der Waals surface area contributed by atoms with Crippen LogP contribution in [0.15, 0.2) is 18.2 Å². The van der Waals surface area contributed by atoms with E-state index < -0.39 is 5.60 Å². The highest BCUT2D eigenvalue weighted by Gasteiger charge is 2.31. The van der Waals surface area contributed by atoms with Crippen molar-refractivity contribution in [3.63, 3.8) is 0 Å². The van der Waals surface area contributed by atoms with Crippen LogP contribution < -0.4 is 15.8 Å². The molecule has 1 aromatic carbocycles. The van der Waals surface area contributed by atoms with Gasteiger partial charge in [-0.1, -0.05) is 0 Å². The molecule has 1 saturated heterocycles. The molecule has 1 unspecified atom stereocenters. The van der Waals surface area contributed by atoms with Crippen LogP contribution in [0, 0.1) is 0 Å². The monoisotopic (exact) mass is 252 g/mol. The summed E-state index contributed by atoms with van der Waals surface area (Å²) in [7, 11) is 0. The maximum absolute atomic E-state index is 10.1. The van der Waals surface area contributed by atoms with E-state index in [0.717, 1.165) is 11.4 Å². The summed E-state index contributed by atoms with van der Waals surface area (Å²) in [5, 5.41) is 13.3. The number of hydrogen-bond acceptors (Lipinski definition) is 5. The number of ether oxygens (including phenoxy) is 2. The minimum absolute atomic E-state index is 0.376. The van der Waals surface area contributed by atoms with Crippen LogP contribution in [0.4, 0.5) is 11.4 Å². The maximum atomic E-state index is 10.1. The Bertz CT molecular complexity index is 403. The molecule has 1 fully saturated rings. The number of aliphatic hydroxyl groups is 1. The van der Waals surface area contributed by atoms with Crippen LogP contribution in [0.5, 0.6) is 5.75 Å². The second-order valence-corrected chi connectivity index (χ2v) is 4.60. The summed E-state index contributed by atoms with van der Waals surface area (Å²) in [5.41, 5.74) is 6.50. The molecule has 1 aliphatic heterocycles. The molecule has 0 bridgehead atoms. The first-order chi connectivity index (χ1) is 8.61. The van der Waals surface area contributed by atoms with Gasteiger partial charge in [-0.2, -0.15) is 0 Å². The number of anilines is 2. The van der Waals surface area contributed by atoms with Crippen molar-refractivity contribution in [2.24, 2.45) is 0 Å². The van der Waals surface area contributed by atoms with Crippen molar-refractivity contribution >= 4 is 11.4 Å². The molecule has 18 heavy (non-hydrogen) atoms. The average molecular weight is 252 g/mol. The Morgan fingerprint density at radius 3 is 3.00 bits per heavy atom. The summed E-state index contributed by atoms with van der Waals surface area (Å²) in [4.78, 5) is 0. The fourth-order valence-corrected chi connectivity index (χ4v) is 1.98. The van der Waals surface area contributed by atoms with Gasteiger partial charge in [0.2, 0.25) is 0 Å². The van der Waals surface area contributed by atoms with E-state index in [-0.39, 0.29) is 0 Å². The maximum Gasteiger partial charge on any atom is 0.123 e. The number of nitrogen functional groups attached to an aromatic ring is 1. The lowest BCUT2D eigenvalue weighted by molar-refractivity contribution is 0.0382. The van der Waals surface area contributed by atoms with Crippen molar-refractivity contribution in [2.45, 2.75) is 18.9 Å². The first kappa shape index (κ1) is 13.0. The first-order valence-corrected chi connectivity index (χ1v) is 6.19. The Morgan fingerprint density at radius 2 is 2.33 bits per heavy atom. The van der Waals surface area contributed by atoms with E-state index in [9.17, 15) is 5.11 Å². The van der Waals surface area contributed by atoms with Crippen LogP contribution in [0.2, 0.25) is 0 Å². The topological polar surface area (TPSA) is 76.7 Å². The lowest BCUT2D eigenvalue weighted by Gasteiger charge is -2.21. The van der Waals surface area contributed by atoms with Gasteiger partial charge in [0.05, 0.1) is 13.2 Å². The molecule has 0 aromatic heterocycles. The molecule has 1 aromatic rings. The average Bonchev–Trinajstić information content (AvgIpc) is 2.74. The minimum atomic E-state index is -0.781. The van der Waals surface area contributed by atoms with Crippen molar-refractivity contribution < 1.29 is 14.6 Å². The van der Waals surface area contributed by atoms with Gasteiger partial charge < -0.3 is 25.6 Å². The molecule has 1 atom stereocenters. The van der Waals surface area contributed by atoms with Gasteiger partial charge in [-0.05, 0) is 13.0 Å². The van der Waals surface area contributed by atoms with Crippen molar-refractivity contribution in [2.75, 3.05) is 37.4 Å². The van der Waals surface area contributed by atoms with Gasteiger partial charge in [-0.15, -0.1) is 0 Å². The summed E-state index contributed by atoms with van der Waals surface area (Å²) < 4.78 is 10.6. The van der Waals surface area contributed by atoms with E-state index in [4.69, 9.17) is 15.2 Å². The van der Waals surface area contributed by atoms with Gasteiger partial charge in [0.1, 0.15) is 11.4 Å². The Kier molecular flexibility index (Phi) is 3.93. The van der Waals surface area contributed by atoms with Crippen LogP contribution in [-0.2, 0) is 4.74 Å². The summed E-state index contributed by atoms with van der Waals surface area (Å²) in [6.45, 7) is 3.96. The molecule has 5 heteroatoms. The van der Waals surface area contributed by atoms with Crippen LogP contribution in [0.1, 0.15) is 13.3 Å². The number of nitrogens with two attached hydrogens (primary N) is 1. The number of rotatable bonds is 5. The smallest absolute Gasteiger partial charge is 0.123 e. The highest BCUT2D eigenvalue weighted by molar-refractivity contribution is 5.59. The van der Waals surface area contributed by atoms with Gasteiger partial charge in [-0.3, -0.25) is 0 Å². The lowest BCUT2D eigenvalue weighted by atomic mass is 10.0. The minimum Gasteiger partial charge on any atom is -0.494 e. The van der Waals surface area contributed by atoms with E-state index in [1.54, 1.807) is 6.07 Å². The normalized spacial score (nSPS) is 23.0. The highest BCUT2D eigenvalue weighted by Crippen LogP contribution is 2.24. The fraction of sp³-hybridized carbons (Fsp3) is 0.538. The molecule has 0 radical (unpaired) electrons. The molecule has 0 saturated carbocycles. The third-order valence-corrected chi connectivity index (χ3v) is 2.94. The van der Waals surface area contributed by atoms with E-state index in [2.05, 4.69) is 5.32 Å². The Labute approximate surface area is 107 Å². The highest BCUT2D eigenvalue weighted by atomic mass is 16.5. The second kappa shape index (κ2) is 5.46. The summed E-state index contributed by atoms with van der Waals surface area (Å²) in [6, 6.07) is 5.47. The first-order valence-electron chi connectivity index (χ1n) is 6.19. The molecule has 0 spiro atoms. The third kappa shape index (κ3) is 3.27. The van der Waals surface area contributed by atoms with Crippen molar-refractivity contribution in [3.05, 3.63) is 18.2 Å². The van der Waals surface area contributed by atoms with Gasteiger partial charge in [-0.25, -0.2) is 0 Å². The van der Waals surface area contributed by atoms with Gasteiger partial charge in [0.15, 0.2) is 0 Å². The number of nitrogens with one attached hydrogen (secondary N) is 1. The zero-order valence-corrected chi connectivity index (χ0v) is 10.6. The molecular weight excluding hydrogens is 232 g/mol. The molecule has 5 nitrogen and oxygen atoms in total. The molecule has 2 rings (SSSR count). The summed E-state index contributed by atoms with van der Waals surface area (Å²) in [6.07, 6.45) is 0.653. The Hall–Kier alpha value is -1.46. The molecule has 1 aliphatic rings.